The Kier molecular flexibility index (Phi) is 6.94. The zero-order valence-corrected chi connectivity index (χ0v) is 19.1. The van der Waals surface area contributed by atoms with Crippen LogP contribution in [0.3, 0.4) is 0 Å². The Hall–Kier alpha value is -2.24. The lowest BCUT2D eigenvalue weighted by molar-refractivity contribution is 0.286. The molecule has 3 rings (SSSR count). The number of hydrogen-bond acceptors (Lipinski definition) is 5. The fraction of sp³-hybridized carbons (Fsp3) is 0.261. The van der Waals surface area contributed by atoms with Crippen molar-refractivity contribution in [1.82, 2.24) is 5.09 Å². The van der Waals surface area contributed by atoms with Gasteiger partial charge in [0.15, 0.2) is 5.05 Å². The van der Waals surface area contributed by atoms with E-state index in [4.69, 9.17) is 27.2 Å². The molecule has 30 heavy (non-hydrogen) atoms. The number of nitrogens with two attached hydrogens (primary N) is 1. The van der Waals surface area contributed by atoms with Gasteiger partial charge in [-0.3, -0.25) is 4.57 Å². The Labute approximate surface area is 183 Å². The highest BCUT2D eigenvalue weighted by Crippen LogP contribution is 2.53. The summed E-state index contributed by atoms with van der Waals surface area (Å²) in [6.45, 7) is 5.48. The molecule has 3 aromatic rings. The molecule has 0 heterocycles. The van der Waals surface area contributed by atoms with Gasteiger partial charge in [-0.2, -0.15) is 0 Å². The molecule has 3 N–H and O–H groups in total. The average Bonchev–Trinajstić information content (AvgIpc) is 2.72. The van der Waals surface area contributed by atoms with Crippen LogP contribution in [-0.4, -0.2) is 16.4 Å². The van der Waals surface area contributed by atoms with Crippen molar-refractivity contribution >= 4 is 35.6 Å². The number of ether oxygens (including phenoxy) is 1. The van der Waals surface area contributed by atoms with E-state index in [-0.39, 0.29) is 0 Å². The molecular weight excluding hydrogens is 415 g/mol. The lowest BCUT2D eigenvalue weighted by atomic mass is 10.1. The van der Waals surface area contributed by atoms with Crippen molar-refractivity contribution in [2.45, 2.75) is 38.7 Å². The Morgan fingerprint density at radius 2 is 1.70 bits per heavy atom. The van der Waals surface area contributed by atoms with Gasteiger partial charge in [0, 0.05) is 5.39 Å². The summed E-state index contributed by atoms with van der Waals surface area (Å²) < 4.78 is 25.7. The van der Waals surface area contributed by atoms with Gasteiger partial charge in [0.25, 0.3) is 0 Å². The lowest BCUT2D eigenvalue weighted by Gasteiger charge is -2.33. The van der Waals surface area contributed by atoms with Gasteiger partial charge in [-0.1, -0.05) is 66.7 Å². The minimum atomic E-state index is -3.57. The molecule has 0 saturated carbocycles. The monoisotopic (exact) mass is 442 g/mol. The molecule has 0 radical (unpaired) electrons. The maximum atomic E-state index is 13.9. The van der Waals surface area contributed by atoms with E-state index in [1.54, 1.807) is 26.8 Å². The van der Waals surface area contributed by atoms with Crippen LogP contribution in [0.5, 0.6) is 5.75 Å². The number of hydrogen-bond donors (Lipinski definition) is 2. The van der Waals surface area contributed by atoms with Gasteiger partial charge in [0.1, 0.15) is 17.6 Å². The van der Waals surface area contributed by atoms with Crippen LogP contribution < -0.4 is 15.3 Å². The highest BCUT2D eigenvalue weighted by molar-refractivity contribution is 7.80. The van der Waals surface area contributed by atoms with Crippen molar-refractivity contribution < 1.29 is 13.8 Å². The molecule has 7 heteroatoms. The van der Waals surface area contributed by atoms with E-state index in [1.807, 2.05) is 66.7 Å². The molecule has 2 atom stereocenters. The molecule has 0 fully saturated rings. The standard InChI is InChI=1S/C23H27N2O3PS/c1-17(22(30)27-16-18-10-5-4-6-11-18)25-29(26,23(2,3)24)28-21-15-9-13-19-12-7-8-14-20(19)21/h4-15,17H,16,24H2,1-3H3,(H,25,26)/t17-,29?/m0/s1. The Bertz CT molecular complexity index is 1060. The van der Waals surface area contributed by atoms with E-state index in [9.17, 15) is 4.57 Å². The first-order valence-corrected chi connectivity index (χ1v) is 11.8. The summed E-state index contributed by atoms with van der Waals surface area (Å²) in [4.78, 5) is 0. The van der Waals surface area contributed by atoms with Crippen molar-refractivity contribution in [2.75, 3.05) is 0 Å². The normalized spacial score (nSPS) is 14.7. The molecule has 0 aromatic heterocycles. The van der Waals surface area contributed by atoms with E-state index in [1.165, 1.54) is 0 Å². The summed E-state index contributed by atoms with van der Waals surface area (Å²) in [6, 6.07) is 22.6. The van der Waals surface area contributed by atoms with Gasteiger partial charge in [0.05, 0.1) is 6.04 Å². The topological polar surface area (TPSA) is 73.6 Å². The van der Waals surface area contributed by atoms with Gasteiger partial charge in [-0.15, -0.1) is 0 Å². The van der Waals surface area contributed by atoms with E-state index in [0.29, 0.717) is 17.4 Å². The van der Waals surface area contributed by atoms with Crippen LogP contribution in [0.15, 0.2) is 72.8 Å². The van der Waals surface area contributed by atoms with E-state index in [0.717, 1.165) is 16.3 Å². The van der Waals surface area contributed by atoms with Crippen molar-refractivity contribution in [2.24, 2.45) is 5.73 Å². The maximum Gasteiger partial charge on any atom is 0.336 e. The second-order valence-corrected chi connectivity index (χ2v) is 10.8. The highest BCUT2D eigenvalue weighted by atomic mass is 32.1. The molecule has 1 unspecified atom stereocenters. The smallest absolute Gasteiger partial charge is 0.336 e. The van der Waals surface area contributed by atoms with E-state index < -0.39 is 18.8 Å². The Morgan fingerprint density at radius 1 is 1.07 bits per heavy atom. The summed E-state index contributed by atoms with van der Waals surface area (Å²) >= 11 is 5.41. The summed E-state index contributed by atoms with van der Waals surface area (Å²) in [5.41, 5.74) is 7.29. The van der Waals surface area contributed by atoms with Crippen molar-refractivity contribution in [3.8, 4) is 5.75 Å². The van der Waals surface area contributed by atoms with Gasteiger partial charge >= 0.3 is 7.52 Å². The largest absolute Gasteiger partial charge is 0.481 e. The number of thiocarbonyl (C=S) groups is 1. The molecule has 5 nitrogen and oxygen atoms in total. The first-order chi connectivity index (χ1) is 14.2. The van der Waals surface area contributed by atoms with Gasteiger partial charge < -0.3 is 15.0 Å². The molecule has 3 aromatic carbocycles. The molecule has 158 valence electrons. The molecule has 0 saturated heterocycles. The van der Waals surface area contributed by atoms with Crippen LogP contribution in [0.25, 0.3) is 10.8 Å². The second kappa shape index (κ2) is 9.27. The van der Waals surface area contributed by atoms with E-state index >= 15 is 0 Å². The molecule has 0 spiro atoms. The Morgan fingerprint density at radius 3 is 2.40 bits per heavy atom. The lowest BCUT2D eigenvalue weighted by Crippen LogP contribution is -2.44. The van der Waals surface area contributed by atoms with E-state index in [2.05, 4.69) is 5.09 Å². The fourth-order valence-corrected chi connectivity index (χ4v) is 4.77. The van der Waals surface area contributed by atoms with Crippen LogP contribution in [0, 0.1) is 0 Å². The first-order valence-electron chi connectivity index (χ1n) is 9.74. The van der Waals surface area contributed by atoms with Crippen LogP contribution in [0.4, 0.5) is 0 Å². The maximum absolute atomic E-state index is 13.9. The zero-order chi connectivity index (χ0) is 21.8. The number of benzene rings is 3. The van der Waals surface area contributed by atoms with Crippen LogP contribution >= 0.6 is 19.7 Å². The minimum absolute atomic E-state index is 0.296. The predicted molar refractivity (Wildman–Crippen MR) is 127 cm³/mol. The molecule has 0 aliphatic heterocycles. The first kappa shape index (κ1) is 22.4. The number of fused-ring (bicyclic) bond motifs is 1. The third kappa shape index (κ3) is 5.27. The van der Waals surface area contributed by atoms with Crippen molar-refractivity contribution in [3.05, 3.63) is 78.4 Å². The Balaban J connectivity index is 1.78. The number of rotatable bonds is 8. The third-order valence-corrected chi connectivity index (χ3v) is 7.85. The predicted octanol–water partition coefficient (Wildman–Crippen LogP) is 5.63. The average molecular weight is 443 g/mol. The summed E-state index contributed by atoms with van der Waals surface area (Å²) in [5.74, 6) is 0.505. The van der Waals surface area contributed by atoms with Crippen LogP contribution in [-0.2, 0) is 15.9 Å². The van der Waals surface area contributed by atoms with Crippen LogP contribution in [0.2, 0.25) is 0 Å². The minimum Gasteiger partial charge on any atom is -0.481 e. The molecule has 0 aliphatic carbocycles. The van der Waals surface area contributed by atoms with Gasteiger partial charge in [-0.25, -0.2) is 5.09 Å². The van der Waals surface area contributed by atoms with Crippen LogP contribution in [0.1, 0.15) is 26.3 Å². The zero-order valence-electron chi connectivity index (χ0n) is 17.4. The highest BCUT2D eigenvalue weighted by Gasteiger charge is 2.42. The second-order valence-electron chi connectivity index (χ2n) is 7.72. The van der Waals surface area contributed by atoms with Crippen molar-refractivity contribution in [3.63, 3.8) is 0 Å². The summed E-state index contributed by atoms with van der Waals surface area (Å²) in [6.07, 6.45) is 0. The van der Waals surface area contributed by atoms with Gasteiger partial charge in [0.2, 0.25) is 0 Å². The summed E-state index contributed by atoms with van der Waals surface area (Å²) in [5, 5.41) is 4.03. The molecule has 0 aliphatic rings. The fourth-order valence-electron chi connectivity index (χ4n) is 2.89. The SMILES string of the molecule is C[C@H](NP(=O)(Oc1cccc2ccccc12)C(C)(C)N)C(=S)OCc1ccccc1. The molecular formula is C23H27N2O3PS. The molecule has 0 amide bonds. The summed E-state index contributed by atoms with van der Waals surface area (Å²) in [7, 11) is -3.57. The third-order valence-electron chi connectivity index (χ3n) is 4.68. The molecule has 0 bridgehead atoms. The van der Waals surface area contributed by atoms with Crippen molar-refractivity contribution in [1.29, 1.82) is 0 Å². The van der Waals surface area contributed by atoms with Gasteiger partial charge in [-0.05, 0) is 50.0 Å². The number of nitrogens with one attached hydrogen (secondary N) is 1. The quantitative estimate of drug-likeness (QED) is 0.348.